The van der Waals surface area contributed by atoms with E-state index in [1.54, 1.807) is 60.7 Å². The van der Waals surface area contributed by atoms with E-state index < -0.39 is 52.0 Å². The summed E-state index contributed by atoms with van der Waals surface area (Å²) in [7, 11) is 0. The predicted octanol–water partition coefficient (Wildman–Crippen LogP) is 6.22. The van der Waals surface area contributed by atoms with Crippen molar-refractivity contribution < 1.29 is 28.3 Å². The number of ketones is 4. The molecule has 190 valence electrons. The molecular weight excluding hydrogens is 519 g/mol. The first kappa shape index (κ1) is 23.8. The van der Waals surface area contributed by atoms with Crippen LogP contribution in [-0.4, -0.2) is 28.7 Å². The lowest BCUT2D eigenvalue weighted by Gasteiger charge is -2.34. The van der Waals surface area contributed by atoms with Gasteiger partial charge in [0.25, 0.3) is 0 Å². The number of fused-ring (bicyclic) bond motifs is 2. The summed E-state index contributed by atoms with van der Waals surface area (Å²) in [5.41, 5.74) is -3.19. The van der Waals surface area contributed by atoms with Gasteiger partial charge in [-0.15, -0.1) is 0 Å². The number of hydrogen-bond acceptors (Lipinski definition) is 5. The third-order valence-electron chi connectivity index (χ3n) is 8.19. The van der Waals surface area contributed by atoms with E-state index in [0.29, 0.717) is 10.6 Å². The number of halogens is 2. The molecule has 4 aromatic carbocycles. The Labute approximate surface area is 227 Å². The van der Waals surface area contributed by atoms with Gasteiger partial charge in [-0.2, -0.15) is 0 Å². The smallest absolute Gasteiger partial charge is 0.204 e. The highest BCUT2D eigenvalue weighted by molar-refractivity contribution is 6.37. The molecule has 7 heteroatoms. The molecule has 5 nitrogen and oxygen atoms in total. The molecule has 0 bridgehead atoms. The Morgan fingerprint density at radius 2 is 1.13 bits per heavy atom. The van der Waals surface area contributed by atoms with Crippen LogP contribution < -0.4 is 0 Å². The Hall–Kier alpha value is -4.26. The molecule has 2 spiro atoms. The fraction of sp³-hybridized carbons (Fsp3) is 0.125. The molecule has 0 radical (unpaired) electrons. The molecular formula is C32H18ClFO5. The summed E-state index contributed by atoms with van der Waals surface area (Å²) in [5, 5.41) is 0.412. The molecule has 0 aromatic heterocycles. The van der Waals surface area contributed by atoms with Gasteiger partial charge in [0, 0.05) is 27.3 Å². The van der Waals surface area contributed by atoms with Crippen molar-refractivity contribution in [2.45, 2.75) is 17.6 Å². The Kier molecular flexibility index (Phi) is 4.96. The maximum absolute atomic E-state index is 14.8. The molecule has 1 heterocycles. The van der Waals surface area contributed by atoms with E-state index in [4.69, 9.17) is 16.3 Å². The van der Waals surface area contributed by atoms with Crippen LogP contribution in [0.3, 0.4) is 0 Å². The third-order valence-corrected chi connectivity index (χ3v) is 8.44. The molecule has 0 amide bonds. The van der Waals surface area contributed by atoms with Crippen LogP contribution in [0.5, 0.6) is 0 Å². The number of benzene rings is 4. The second kappa shape index (κ2) is 8.12. The Morgan fingerprint density at radius 3 is 1.64 bits per heavy atom. The number of carbonyl (C=O) groups is 4. The summed E-state index contributed by atoms with van der Waals surface area (Å²) in [6, 6.07) is 24.4. The number of carbonyl (C=O) groups excluding carboxylic acids is 4. The lowest BCUT2D eigenvalue weighted by atomic mass is 9.60. The second-order valence-corrected chi connectivity index (χ2v) is 10.5. The molecule has 2 aliphatic carbocycles. The van der Waals surface area contributed by atoms with Gasteiger partial charge in [0.05, 0.1) is 5.92 Å². The lowest BCUT2D eigenvalue weighted by molar-refractivity contribution is -0.0210. The fourth-order valence-electron chi connectivity index (χ4n) is 6.65. The molecule has 1 aliphatic heterocycles. The van der Waals surface area contributed by atoms with Crippen molar-refractivity contribution in [3.05, 3.63) is 141 Å². The van der Waals surface area contributed by atoms with E-state index in [0.717, 1.165) is 6.07 Å². The van der Waals surface area contributed by atoms with Crippen LogP contribution >= 0.6 is 11.6 Å². The molecule has 4 aromatic rings. The Balaban J connectivity index is 1.60. The molecule has 3 aliphatic rings. The number of Topliss-reactive ketones (excluding diaryl/α,β-unsaturated/α-hetero) is 4. The summed E-state index contributed by atoms with van der Waals surface area (Å²) in [4.78, 5) is 57.6. The highest BCUT2D eigenvalue weighted by Crippen LogP contribution is 2.67. The van der Waals surface area contributed by atoms with Crippen LogP contribution in [0.25, 0.3) is 0 Å². The van der Waals surface area contributed by atoms with Gasteiger partial charge in [-0.05, 0) is 35.4 Å². The minimum absolute atomic E-state index is 0.131. The number of ether oxygens (including phenoxy) is 1. The predicted molar refractivity (Wildman–Crippen MR) is 140 cm³/mol. The van der Waals surface area contributed by atoms with Crippen molar-refractivity contribution in [1.29, 1.82) is 0 Å². The van der Waals surface area contributed by atoms with E-state index >= 15 is 0 Å². The molecule has 0 unspecified atom stereocenters. The molecule has 0 N–H and O–H groups in total. The van der Waals surface area contributed by atoms with Crippen molar-refractivity contribution in [2.24, 2.45) is 5.41 Å². The Bertz CT molecular complexity index is 1690. The first-order chi connectivity index (χ1) is 18.8. The van der Waals surface area contributed by atoms with Gasteiger partial charge in [0.2, 0.25) is 17.2 Å². The monoisotopic (exact) mass is 536 g/mol. The highest BCUT2D eigenvalue weighted by atomic mass is 35.5. The SMILES string of the molecule is O=C1c2ccccc2C(=O)C12O[C@@H](c1ccc(Cl)cc1)C1(C(=O)c3ccccc3C1=O)[C@@H]2c1cccc(F)c1. The number of hydrogen-bond donors (Lipinski definition) is 0. The van der Waals surface area contributed by atoms with Gasteiger partial charge >= 0.3 is 0 Å². The zero-order chi connectivity index (χ0) is 27.1. The quantitative estimate of drug-likeness (QED) is 0.284. The molecule has 0 saturated carbocycles. The van der Waals surface area contributed by atoms with Crippen molar-refractivity contribution in [2.75, 3.05) is 0 Å². The minimum Gasteiger partial charge on any atom is -0.348 e. The van der Waals surface area contributed by atoms with E-state index in [1.807, 2.05) is 0 Å². The van der Waals surface area contributed by atoms with Crippen molar-refractivity contribution in [1.82, 2.24) is 0 Å². The topological polar surface area (TPSA) is 77.5 Å². The zero-order valence-corrected chi connectivity index (χ0v) is 20.9. The first-order valence-corrected chi connectivity index (χ1v) is 12.8. The van der Waals surface area contributed by atoms with E-state index in [9.17, 15) is 23.6 Å². The fourth-order valence-corrected chi connectivity index (χ4v) is 6.78. The maximum Gasteiger partial charge on any atom is 0.204 e. The van der Waals surface area contributed by atoms with Gasteiger partial charge in [-0.25, -0.2) is 4.39 Å². The van der Waals surface area contributed by atoms with Gasteiger partial charge < -0.3 is 4.74 Å². The largest absolute Gasteiger partial charge is 0.348 e. The van der Waals surface area contributed by atoms with Crippen molar-refractivity contribution >= 4 is 34.7 Å². The normalized spacial score (nSPS) is 22.1. The first-order valence-electron chi connectivity index (χ1n) is 12.4. The van der Waals surface area contributed by atoms with Crippen LogP contribution in [0.2, 0.25) is 5.02 Å². The van der Waals surface area contributed by atoms with Crippen LogP contribution in [0.4, 0.5) is 4.39 Å². The van der Waals surface area contributed by atoms with Crippen molar-refractivity contribution in [3.8, 4) is 0 Å². The average molecular weight is 537 g/mol. The van der Waals surface area contributed by atoms with Crippen molar-refractivity contribution in [3.63, 3.8) is 0 Å². The standard InChI is InChI=1S/C32H18ClFO5/c33-19-14-12-17(13-15-19)30-31(26(35)21-8-1-2-9-22(21)27(31)36)25(18-6-5-7-20(34)16-18)32(39-30)28(37)23-10-3-4-11-24(23)29(32)38/h1-16,25,30H/t25-,30-/m0/s1. The number of rotatable bonds is 2. The Morgan fingerprint density at radius 1 is 0.615 bits per heavy atom. The summed E-state index contributed by atoms with van der Waals surface area (Å²) in [6.07, 6.45) is -1.34. The second-order valence-electron chi connectivity index (χ2n) is 10.0. The zero-order valence-electron chi connectivity index (χ0n) is 20.2. The molecule has 39 heavy (non-hydrogen) atoms. The van der Waals surface area contributed by atoms with E-state index in [2.05, 4.69) is 0 Å². The summed E-state index contributed by atoms with van der Waals surface area (Å²) in [5.74, 6) is -4.56. The average Bonchev–Trinajstić information content (AvgIpc) is 3.47. The lowest BCUT2D eigenvalue weighted by Crippen LogP contribution is -2.51. The molecule has 2 atom stereocenters. The van der Waals surface area contributed by atoms with Gasteiger partial charge in [-0.3, -0.25) is 19.2 Å². The summed E-state index contributed by atoms with van der Waals surface area (Å²) in [6.45, 7) is 0. The van der Waals surface area contributed by atoms with Crippen LogP contribution in [0.15, 0.2) is 97.1 Å². The van der Waals surface area contributed by atoms with Crippen LogP contribution in [0.1, 0.15) is 64.6 Å². The van der Waals surface area contributed by atoms with Gasteiger partial charge in [-0.1, -0.05) is 84.4 Å². The summed E-state index contributed by atoms with van der Waals surface area (Å²) >= 11 is 6.15. The summed E-state index contributed by atoms with van der Waals surface area (Å²) < 4.78 is 21.3. The van der Waals surface area contributed by atoms with Crippen LogP contribution in [-0.2, 0) is 4.74 Å². The molecule has 7 rings (SSSR count). The minimum atomic E-state index is -2.27. The molecule has 1 saturated heterocycles. The van der Waals surface area contributed by atoms with Crippen LogP contribution in [0, 0.1) is 11.2 Å². The maximum atomic E-state index is 14.8. The van der Waals surface area contributed by atoms with Gasteiger partial charge in [0.15, 0.2) is 11.6 Å². The third kappa shape index (κ3) is 2.87. The molecule has 1 fully saturated rings. The van der Waals surface area contributed by atoms with E-state index in [-0.39, 0.29) is 27.8 Å². The highest BCUT2D eigenvalue weighted by Gasteiger charge is 2.79. The van der Waals surface area contributed by atoms with Gasteiger partial charge in [0.1, 0.15) is 17.3 Å². The van der Waals surface area contributed by atoms with E-state index in [1.165, 1.54) is 30.3 Å².